The lowest BCUT2D eigenvalue weighted by Gasteiger charge is -2.14. The van der Waals surface area contributed by atoms with E-state index in [0.29, 0.717) is 12.0 Å². The zero-order valence-electron chi connectivity index (χ0n) is 15.2. The second kappa shape index (κ2) is 13.3. The number of rotatable bonds is 14. The first-order valence-corrected chi connectivity index (χ1v) is 9.45. The maximum Gasteiger partial charge on any atom is 0.335 e. The number of aryl methyl sites for hydroxylation is 1. The highest BCUT2D eigenvalue weighted by Gasteiger charge is 2.09. The number of carboxylic acid groups (broad SMARTS) is 1. The van der Waals surface area contributed by atoms with Crippen molar-refractivity contribution in [2.24, 2.45) is 0 Å². The van der Waals surface area contributed by atoms with Crippen LogP contribution >= 0.6 is 0 Å². The minimum atomic E-state index is -1.11. The molecule has 0 saturated heterocycles. The molecule has 25 heavy (non-hydrogen) atoms. The fraction of sp³-hybridized carbons (Fsp3) is 0.500. The van der Waals surface area contributed by atoms with E-state index in [1.54, 1.807) is 12.1 Å². The molecule has 0 amide bonds. The summed E-state index contributed by atoms with van der Waals surface area (Å²) in [7, 11) is 0. The summed E-state index contributed by atoms with van der Waals surface area (Å²) >= 11 is 0. The molecule has 138 valence electrons. The average Bonchev–Trinajstić information content (AvgIpc) is 2.58. The summed E-state index contributed by atoms with van der Waals surface area (Å²) in [5.41, 5.74) is 0.620. The van der Waals surface area contributed by atoms with Gasteiger partial charge in [-0.15, -0.1) is 6.58 Å². The van der Waals surface area contributed by atoms with Crippen molar-refractivity contribution in [3.8, 4) is 5.75 Å². The fourth-order valence-corrected chi connectivity index (χ4v) is 2.98. The third-order valence-corrected chi connectivity index (χ3v) is 4.36. The SMILES string of the molecule is C=CC/C=C\CCCCCCCCCCc1cccc([O-])c1C(=O)O. The molecule has 3 nitrogen and oxygen atoms in total. The summed E-state index contributed by atoms with van der Waals surface area (Å²) in [6.07, 6.45) is 18.7. The van der Waals surface area contributed by atoms with Crippen LogP contribution in [0.1, 0.15) is 80.1 Å². The molecule has 0 aliphatic carbocycles. The van der Waals surface area contributed by atoms with Gasteiger partial charge in [0, 0.05) is 0 Å². The van der Waals surface area contributed by atoms with Crippen molar-refractivity contribution in [2.45, 2.75) is 70.6 Å². The van der Waals surface area contributed by atoms with Gasteiger partial charge in [0.2, 0.25) is 0 Å². The highest BCUT2D eigenvalue weighted by molar-refractivity contribution is 5.92. The molecule has 0 aromatic heterocycles. The van der Waals surface area contributed by atoms with Crippen LogP contribution in [0.2, 0.25) is 0 Å². The summed E-state index contributed by atoms with van der Waals surface area (Å²) in [6, 6.07) is 4.73. The Morgan fingerprint density at radius 2 is 1.64 bits per heavy atom. The molecule has 0 saturated carbocycles. The molecule has 3 heteroatoms. The lowest BCUT2D eigenvalue weighted by atomic mass is 9.99. The van der Waals surface area contributed by atoms with E-state index in [1.807, 2.05) is 6.08 Å². The normalized spacial score (nSPS) is 11.0. The van der Waals surface area contributed by atoms with Gasteiger partial charge in [0.1, 0.15) is 0 Å². The molecule has 1 N–H and O–H groups in total. The minimum absolute atomic E-state index is 0.0513. The maximum atomic E-state index is 11.6. The van der Waals surface area contributed by atoms with Gasteiger partial charge in [-0.25, -0.2) is 4.79 Å². The summed E-state index contributed by atoms with van der Waals surface area (Å²) in [6.45, 7) is 3.69. The Morgan fingerprint density at radius 3 is 2.28 bits per heavy atom. The van der Waals surface area contributed by atoms with E-state index >= 15 is 0 Å². The molecular weight excluding hydrogens is 312 g/mol. The highest BCUT2D eigenvalue weighted by atomic mass is 16.4. The molecule has 1 aromatic rings. The zero-order valence-corrected chi connectivity index (χ0v) is 15.2. The van der Waals surface area contributed by atoms with Gasteiger partial charge in [0.15, 0.2) is 0 Å². The number of unbranched alkanes of at least 4 members (excludes halogenated alkanes) is 8. The van der Waals surface area contributed by atoms with Crippen molar-refractivity contribution in [2.75, 3.05) is 0 Å². The Labute approximate surface area is 152 Å². The van der Waals surface area contributed by atoms with Crippen molar-refractivity contribution in [3.05, 3.63) is 54.1 Å². The molecule has 1 aromatic carbocycles. The summed E-state index contributed by atoms with van der Waals surface area (Å²) in [5, 5.41) is 20.8. The van der Waals surface area contributed by atoms with Crippen molar-refractivity contribution >= 4 is 5.97 Å². The number of carboxylic acids is 1. The number of hydrogen-bond acceptors (Lipinski definition) is 2. The first kappa shape index (κ1) is 21.0. The average molecular weight is 343 g/mol. The number of hydrogen-bond donors (Lipinski definition) is 1. The monoisotopic (exact) mass is 343 g/mol. The topological polar surface area (TPSA) is 60.4 Å². The molecule has 0 aliphatic rings. The zero-order chi connectivity index (χ0) is 18.3. The third-order valence-electron chi connectivity index (χ3n) is 4.36. The van der Waals surface area contributed by atoms with Crippen LogP contribution in [0.5, 0.6) is 5.75 Å². The van der Waals surface area contributed by atoms with Crippen LogP contribution in [0.25, 0.3) is 0 Å². The van der Waals surface area contributed by atoms with Crippen LogP contribution in [0.15, 0.2) is 43.0 Å². The Balaban J connectivity index is 2.05. The first-order chi connectivity index (χ1) is 12.2. The number of allylic oxidation sites excluding steroid dienone is 3. The largest absolute Gasteiger partial charge is 0.872 e. The predicted molar refractivity (Wildman–Crippen MR) is 102 cm³/mol. The lowest BCUT2D eigenvalue weighted by molar-refractivity contribution is -0.268. The van der Waals surface area contributed by atoms with Crippen LogP contribution in [0, 0.1) is 0 Å². The first-order valence-electron chi connectivity index (χ1n) is 9.45. The van der Waals surface area contributed by atoms with Crippen molar-refractivity contribution in [1.29, 1.82) is 0 Å². The van der Waals surface area contributed by atoms with E-state index in [9.17, 15) is 9.90 Å². The van der Waals surface area contributed by atoms with Crippen LogP contribution in [0.4, 0.5) is 0 Å². The molecule has 0 unspecified atom stereocenters. The molecule has 0 spiro atoms. The standard InChI is InChI=1S/C22H32O3/c1-2-3-4-5-6-7-8-9-10-11-12-13-14-16-19-17-15-18-20(23)21(19)22(24)25/h2,4-5,15,17-18,23H,1,3,6-14,16H2,(H,24,25)/p-1/b5-4-. The molecule has 0 aliphatic heterocycles. The van der Waals surface area contributed by atoms with E-state index in [1.165, 1.54) is 51.0 Å². The van der Waals surface area contributed by atoms with E-state index in [-0.39, 0.29) is 11.3 Å². The summed E-state index contributed by atoms with van der Waals surface area (Å²) in [4.78, 5) is 11.2. The molecule has 0 bridgehead atoms. The van der Waals surface area contributed by atoms with E-state index < -0.39 is 5.97 Å². The van der Waals surface area contributed by atoms with E-state index in [4.69, 9.17) is 5.11 Å². The van der Waals surface area contributed by atoms with Gasteiger partial charge in [0.05, 0.1) is 5.56 Å². The lowest BCUT2D eigenvalue weighted by Crippen LogP contribution is -2.08. The minimum Gasteiger partial charge on any atom is -0.872 e. The van der Waals surface area contributed by atoms with Gasteiger partial charge in [-0.2, -0.15) is 0 Å². The summed E-state index contributed by atoms with van der Waals surface area (Å²) < 4.78 is 0. The maximum absolute atomic E-state index is 11.6. The van der Waals surface area contributed by atoms with Crippen LogP contribution in [0.3, 0.4) is 0 Å². The number of aromatic carboxylic acids is 1. The Bertz CT molecular complexity index is 546. The Morgan fingerprint density at radius 1 is 1.00 bits per heavy atom. The van der Waals surface area contributed by atoms with Crippen molar-refractivity contribution in [3.63, 3.8) is 0 Å². The van der Waals surface area contributed by atoms with E-state index in [0.717, 1.165) is 19.3 Å². The van der Waals surface area contributed by atoms with Crippen molar-refractivity contribution in [1.82, 2.24) is 0 Å². The molecule has 0 radical (unpaired) electrons. The van der Waals surface area contributed by atoms with Gasteiger partial charge < -0.3 is 10.2 Å². The fourth-order valence-electron chi connectivity index (χ4n) is 2.98. The molecule has 0 heterocycles. The molecular formula is C22H31O3-. The van der Waals surface area contributed by atoms with Gasteiger partial charge >= 0.3 is 5.97 Å². The Hall–Kier alpha value is -2.03. The second-order valence-corrected chi connectivity index (χ2v) is 6.46. The van der Waals surface area contributed by atoms with Crippen LogP contribution in [-0.4, -0.2) is 11.1 Å². The van der Waals surface area contributed by atoms with Crippen LogP contribution < -0.4 is 5.11 Å². The number of benzene rings is 1. The van der Waals surface area contributed by atoms with Crippen molar-refractivity contribution < 1.29 is 15.0 Å². The molecule has 0 atom stereocenters. The summed E-state index contributed by atoms with van der Waals surface area (Å²) in [5.74, 6) is -1.50. The molecule has 1 rings (SSSR count). The van der Waals surface area contributed by atoms with Gasteiger partial charge in [-0.3, -0.25) is 0 Å². The second-order valence-electron chi connectivity index (χ2n) is 6.46. The smallest absolute Gasteiger partial charge is 0.335 e. The third kappa shape index (κ3) is 9.13. The Kier molecular flexibility index (Phi) is 11.2. The number of carbonyl (C=O) groups is 1. The quantitative estimate of drug-likeness (QED) is 0.351. The van der Waals surface area contributed by atoms with Gasteiger partial charge in [-0.1, -0.05) is 80.7 Å². The van der Waals surface area contributed by atoms with Gasteiger partial charge in [0.25, 0.3) is 0 Å². The molecule has 0 fully saturated rings. The van der Waals surface area contributed by atoms with Crippen LogP contribution in [-0.2, 0) is 6.42 Å². The van der Waals surface area contributed by atoms with E-state index in [2.05, 4.69) is 18.7 Å². The highest BCUT2D eigenvalue weighted by Crippen LogP contribution is 2.21. The van der Waals surface area contributed by atoms with Gasteiger partial charge in [-0.05, 0) is 37.7 Å². The predicted octanol–water partition coefficient (Wildman–Crippen LogP) is 5.64.